The maximum atomic E-state index is 13.1. The largest absolute Gasteiger partial charge is 0.493 e. The van der Waals surface area contributed by atoms with E-state index in [9.17, 15) is 4.79 Å². The number of carbonyl (C=O) groups excluding carboxylic acids is 1. The molecule has 24 heavy (non-hydrogen) atoms. The van der Waals surface area contributed by atoms with E-state index in [2.05, 4.69) is 0 Å². The summed E-state index contributed by atoms with van der Waals surface area (Å²) in [5.41, 5.74) is 1.09. The third-order valence-electron chi connectivity index (χ3n) is 4.51. The minimum absolute atomic E-state index is 0.0999. The molecule has 0 saturated heterocycles. The Kier molecular flexibility index (Phi) is 5.62. The Labute approximate surface area is 144 Å². The summed E-state index contributed by atoms with van der Waals surface area (Å²) in [4.78, 5) is 15.1. The van der Waals surface area contributed by atoms with Crippen molar-refractivity contribution >= 4 is 5.78 Å². The fraction of sp³-hybridized carbons (Fsp3) is 0.350. The van der Waals surface area contributed by atoms with Crippen LogP contribution in [0.4, 0.5) is 0 Å². The highest BCUT2D eigenvalue weighted by molar-refractivity contribution is 6.03. The number of hydrogen-bond donors (Lipinski definition) is 0. The second kappa shape index (κ2) is 7.49. The second-order valence-corrected chi connectivity index (χ2v) is 6.23. The number of nitrogens with zero attached hydrogens (tertiary/aromatic N) is 1. The molecule has 2 rings (SSSR count). The first-order chi connectivity index (χ1) is 11.4. The zero-order valence-electron chi connectivity index (χ0n) is 15.0. The molecule has 0 saturated carbocycles. The van der Waals surface area contributed by atoms with Crippen molar-refractivity contribution in [3.8, 4) is 11.5 Å². The molecule has 0 radical (unpaired) electrons. The Morgan fingerprint density at radius 2 is 1.62 bits per heavy atom. The van der Waals surface area contributed by atoms with Gasteiger partial charge in [0.1, 0.15) is 0 Å². The first kappa shape index (κ1) is 18.0. The number of Topliss-reactive ketones (excluding diaryl/α,β-unsaturated/α-hetero) is 1. The van der Waals surface area contributed by atoms with Gasteiger partial charge in [0.05, 0.1) is 19.8 Å². The van der Waals surface area contributed by atoms with Crippen molar-refractivity contribution in [2.24, 2.45) is 0 Å². The van der Waals surface area contributed by atoms with Gasteiger partial charge in [-0.1, -0.05) is 36.4 Å². The zero-order valence-corrected chi connectivity index (χ0v) is 15.0. The molecular formula is C20H25NO3. The van der Waals surface area contributed by atoms with Crippen molar-refractivity contribution in [2.45, 2.75) is 18.9 Å². The van der Waals surface area contributed by atoms with Crippen LogP contribution >= 0.6 is 0 Å². The number of ketones is 1. The Hall–Kier alpha value is -2.33. The van der Waals surface area contributed by atoms with Gasteiger partial charge in [0.15, 0.2) is 17.3 Å². The number of methoxy groups -OCH3 is 2. The summed E-state index contributed by atoms with van der Waals surface area (Å²) < 4.78 is 10.7. The predicted octanol–water partition coefficient (Wildman–Crippen LogP) is 3.45. The van der Waals surface area contributed by atoms with Crippen LogP contribution in [0, 0.1) is 0 Å². The Bertz CT molecular complexity index is 697. The summed E-state index contributed by atoms with van der Waals surface area (Å²) in [6.07, 6.45) is 0.577. The minimum Gasteiger partial charge on any atom is -0.493 e. The average molecular weight is 327 g/mol. The fourth-order valence-corrected chi connectivity index (χ4v) is 2.73. The van der Waals surface area contributed by atoms with E-state index < -0.39 is 5.54 Å². The predicted molar refractivity (Wildman–Crippen MR) is 96.1 cm³/mol. The number of carbonyl (C=O) groups is 1. The Balaban J connectivity index is 2.36. The molecule has 1 unspecified atom stereocenters. The summed E-state index contributed by atoms with van der Waals surface area (Å²) in [6.45, 7) is 1.97. The standard InChI is InChI=1S/C20H25NO3/c1-20(21(2)3,19(22)16-9-7-6-8-10-16)14-15-11-12-17(23-4)18(13-15)24-5/h6-13H,14H2,1-5H3. The first-order valence-electron chi connectivity index (χ1n) is 7.90. The number of ether oxygens (including phenoxy) is 2. The zero-order chi connectivity index (χ0) is 17.7. The van der Waals surface area contributed by atoms with Crippen molar-refractivity contribution in [3.63, 3.8) is 0 Å². The summed E-state index contributed by atoms with van der Waals surface area (Å²) in [5, 5.41) is 0. The van der Waals surface area contributed by atoms with E-state index in [1.165, 1.54) is 0 Å². The van der Waals surface area contributed by atoms with Gasteiger partial charge in [-0.15, -0.1) is 0 Å². The van der Waals surface area contributed by atoms with Crippen LogP contribution in [-0.4, -0.2) is 44.5 Å². The van der Waals surface area contributed by atoms with Crippen LogP contribution in [0.3, 0.4) is 0 Å². The second-order valence-electron chi connectivity index (χ2n) is 6.23. The van der Waals surface area contributed by atoms with Gasteiger partial charge in [0.2, 0.25) is 0 Å². The third-order valence-corrected chi connectivity index (χ3v) is 4.51. The van der Waals surface area contributed by atoms with Crippen LogP contribution in [0.15, 0.2) is 48.5 Å². The monoisotopic (exact) mass is 327 g/mol. The van der Waals surface area contributed by atoms with Crippen molar-refractivity contribution in [1.29, 1.82) is 0 Å². The van der Waals surface area contributed by atoms with E-state index in [1.54, 1.807) is 14.2 Å². The lowest BCUT2D eigenvalue weighted by Crippen LogP contribution is -2.50. The molecular weight excluding hydrogens is 302 g/mol. The lowest BCUT2D eigenvalue weighted by Gasteiger charge is -2.35. The Morgan fingerprint density at radius 1 is 1.00 bits per heavy atom. The molecule has 0 heterocycles. The van der Waals surface area contributed by atoms with E-state index in [1.807, 2.05) is 74.4 Å². The quantitative estimate of drug-likeness (QED) is 0.730. The molecule has 128 valence electrons. The van der Waals surface area contributed by atoms with Crippen molar-refractivity contribution in [3.05, 3.63) is 59.7 Å². The normalized spacial score (nSPS) is 13.4. The third kappa shape index (κ3) is 3.60. The molecule has 0 spiro atoms. The smallest absolute Gasteiger partial charge is 0.183 e. The summed E-state index contributed by atoms with van der Waals surface area (Å²) in [6, 6.07) is 15.2. The van der Waals surface area contributed by atoms with Gasteiger partial charge in [-0.25, -0.2) is 0 Å². The number of likely N-dealkylation sites (N-methyl/N-ethyl adjacent to an activating group) is 1. The topological polar surface area (TPSA) is 38.8 Å². The van der Waals surface area contributed by atoms with E-state index >= 15 is 0 Å². The van der Waals surface area contributed by atoms with Crippen molar-refractivity contribution in [2.75, 3.05) is 28.3 Å². The van der Waals surface area contributed by atoms with Crippen LogP contribution in [0.1, 0.15) is 22.8 Å². The summed E-state index contributed by atoms with van der Waals surface area (Å²) >= 11 is 0. The molecule has 0 aliphatic rings. The number of hydrogen-bond acceptors (Lipinski definition) is 4. The van der Waals surface area contributed by atoms with Gasteiger partial charge >= 0.3 is 0 Å². The molecule has 0 N–H and O–H groups in total. The maximum Gasteiger partial charge on any atom is 0.183 e. The minimum atomic E-state index is -0.652. The molecule has 1 atom stereocenters. The molecule has 2 aromatic carbocycles. The highest BCUT2D eigenvalue weighted by Gasteiger charge is 2.36. The van der Waals surface area contributed by atoms with Crippen LogP contribution in [-0.2, 0) is 6.42 Å². The SMILES string of the molecule is COc1ccc(CC(C)(C(=O)c2ccccc2)N(C)C)cc1OC. The lowest BCUT2D eigenvalue weighted by atomic mass is 9.84. The molecule has 0 fully saturated rings. The molecule has 0 aliphatic heterocycles. The summed E-state index contributed by atoms with van der Waals surface area (Å²) in [5.74, 6) is 1.45. The fourth-order valence-electron chi connectivity index (χ4n) is 2.73. The average Bonchev–Trinajstić information content (AvgIpc) is 2.61. The van der Waals surface area contributed by atoms with E-state index in [0.717, 1.165) is 5.56 Å². The first-order valence-corrected chi connectivity index (χ1v) is 7.90. The molecule has 0 aliphatic carbocycles. The lowest BCUT2D eigenvalue weighted by molar-refractivity contribution is 0.0719. The molecule has 4 heteroatoms. The van der Waals surface area contributed by atoms with Gasteiger partial charge in [-0.3, -0.25) is 9.69 Å². The van der Waals surface area contributed by atoms with Gasteiger partial charge in [0, 0.05) is 5.56 Å². The van der Waals surface area contributed by atoms with E-state index in [0.29, 0.717) is 23.5 Å². The molecule has 2 aromatic rings. The van der Waals surface area contributed by atoms with Gasteiger partial charge in [0.25, 0.3) is 0 Å². The number of rotatable bonds is 7. The highest BCUT2D eigenvalue weighted by atomic mass is 16.5. The van der Waals surface area contributed by atoms with Gasteiger partial charge < -0.3 is 9.47 Å². The van der Waals surface area contributed by atoms with Gasteiger partial charge in [-0.2, -0.15) is 0 Å². The molecule has 0 bridgehead atoms. The van der Waals surface area contributed by atoms with Crippen LogP contribution < -0.4 is 9.47 Å². The highest BCUT2D eigenvalue weighted by Crippen LogP contribution is 2.31. The maximum absolute atomic E-state index is 13.1. The Morgan fingerprint density at radius 3 is 2.17 bits per heavy atom. The van der Waals surface area contributed by atoms with E-state index in [4.69, 9.17) is 9.47 Å². The van der Waals surface area contributed by atoms with Gasteiger partial charge in [-0.05, 0) is 45.1 Å². The van der Waals surface area contributed by atoms with Crippen LogP contribution in [0.5, 0.6) is 11.5 Å². The molecule has 0 aromatic heterocycles. The molecule has 0 amide bonds. The van der Waals surface area contributed by atoms with Crippen molar-refractivity contribution in [1.82, 2.24) is 4.90 Å². The molecule has 4 nitrogen and oxygen atoms in total. The van der Waals surface area contributed by atoms with Crippen LogP contribution in [0.25, 0.3) is 0 Å². The van der Waals surface area contributed by atoms with E-state index in [-0.39, 0.29) is 5.78 Å². The van der Waals surface area contributed by atoms with Crippen LogP contribution in [0.2, 0.25) is 0 Å². The summed E-state index contributed by atoms with van der Waals surface area (Å²) in [7, 11) is 7.09. The van der Waals surface area contributed by atoms with Crippen molar-refractivity contribution < 1.29 is 14.3 Å². The number of benzene rings is 2.